The molecule has 0 aromatic carbocycles. The minimum absolute atomic E-state index is 0.233. The quantitative estimate of drug-likeness (QED) is 0.454. The van der Waals surface area contributed by atoms with Crippen molar-refractivity contribution in [3.8, 4) is 0 Å². The van der Waals surface area contributed by atoms with Crippen molar-refractivity contribution < 1.29 is 24.3 Å². The van der Waals surface area contributed by atoms with Crippen LogP contribution in [-0.4, -0.2) is 35.2 Å². The highest BCUT2D eigenvalue weighted by Gasteiger charge is 2.28. The van der Waals surface area contributed by atoms with E-state index >= 15 is 0 Å². The summed E-state index contributed by atoms with van der Waals surface area (Å²) in [5.41, 5.74) is 0. The van der Waals surface area contributed by atoms with E-state index in [1.165, 1.54) is 0 Å². The maximum absolute atomic E-state index is 11.3. The molecule has 0 aromatic heterocycles. The molecule has 16 heavy (non-hydrogen) atoms. The van der Waals surface area contributed by atoms with Crippen LogP contribution in [0.25, 0.3) is 0 Å². The summed E-state index contributed by atoms with van der Waals surface area (Å²) >= 11 is 0. The molecule has 0 aliphatic carbocycles. The summed E-state index contributed by atoms with van der Waals surface area (Å²) in [5.74, 6) is -0.398. The fourth-order valence-corrected chi connectivity index (χ4v) is 1.40. The van der Waals surface area contributed by atoms with Gasteiger partial charge in [-0.25, -0.2) is 4.79 Å². The van der Waals surface area contributed by atoms with Crippen LogP contribution in [-0.2, 0) is 14.3 Å². The molecule has 1 unspecified atom stereocenters. The highest BCUT2D eigenvalue weighted by atomic mass is 16.7. The van der Waals surface area contributed by atoms with Crippen molar-refractivity contribution in [1.29, 1.82) is 0 Å². The number of ether oxygens (including phenoxy) is 2. The summed E-state index contributed by atoms with van der Waals surface area (Å²) in [6, 6.07) is 0. The third-order valence-corrected chi connectivity index (χ3v) is 2.24. The molecule has 1 atom stereocenters. The molecule has 1 heterocycles. The van der Waals surface area contributed by atoms with E-state index in [-0.39, 0.29) is 6.61 Å². The molecule has 0 saturated carbocycles. The molecule has 0 spiro atoms. The highest BCUT2D eigenvalue weighted by molar-refractivity contribution is 5.71. The molecular weight excluding hydrogens is 214 g/mol. The van der Waals surface area contributed by atoms with Crippen LogP contribution in [0.1, 0.15) is 39.0 Å². The normalized spacial score (nSPS) is 20.9. The van der Waals surface area contributed by atoms with E-state index in [9.17, 15) is 14.8 Å². The van der Waals surface area contributed by atoms with Gasteiger partial charge in [0.05, 0.1) is 6.61 Å². The number of amides is 1. The fraction of sp³-hybridized carbons (Fsp3) is 0.800. The Bertz CT molecular complexity index is 256. The average molecular weight is 231 g/mol. The van der Waals surface area contributed by atoms with E-state index < -0.39 is 18.3 Å². The van der Waals surface area contributed by atoms with Gasteiger partial charge in [0.1, 0.15) is 0 Å². The molecule has 0 radical (unpaired) electrons. The van der Waals surface area contributed by atoms with Crippen molar-refractivity contribution >= 4 is 12.1 Å². The predicted octanol–water partition coefficient (Wildman–Crippen LogP) is 1.67. The van der Waals surface area contributed by atoms with Crippen molar-refractivity contribution in [3.05, 3.63) is 0 Å². The van der Waals surface area contributed by atoms with Gasteiger partial charge in [0, 0.05) is 12.8 Å². The zero-order chi connectivity index (χ0) is 12.0. The number of hydrogen-bond acceptors (Lipinski definition) is 5. The second-order valence-corrected chi connectivity index (χ2v) is 3.65. The predicted molar refractivity (Wildman–Crippen MR) is 53.6 cm³/mol. The minimum atomic E-state index is -0.917. The molecule has 1 N–H and O–H groups in total. The van der Waals surface area contributed by atoms with Crippen molar-refractivity contribution in [3.63, 3.8) is 0 Å². The van der Waals surface area contributed by atoms with E-state index in [0.29, 0.717) is 30.7 Å². The Kier molecular flexibility index (Phi) is 5.04. The number of cyclic esters (lactones) is 1. The molecule has 1 fully saturated rings. The van der Waals surface area contributed by atoms with Gasteiger partial charge in [0.25, 0.3) is 0 Å². The second kappa shape index (κ2) is 6.32. The lowest BCUT2D eigenvalue weighted by atomic mass is 10.2. The summed E-state index contributed by atoms with van der Waals surface area (Å²) < 4.78 is 9.64. The van der Waals surface area contributed by atoms with Gasteiger partial charge in [-0.15, -0.1) is 5.06 Å². The van der Waals surface area contributed by atoms with Crippen LogP contribution in [0.5, 0.6) is 0 Å². The highest BCUT2D eigenvalue weighted by Crippen LogP contribution is 2.16. The molecular formula is C10H17NO5. The monoisotopic (exact) mass is 231 g/mol. The third-order valence-electron chi connectivity index (χ3n) is 2.24. The lowest BCUT2D eigenvalue weighted by molar-refractivity contribution is -0.198. The van der Waals surface area contributed by atoms with Gasteiger partial charge in [-0.2, -0.15) is 0 Å². The Labute approximate surface area is 94.1 Å². The van der Waals surface area contributed by atoms with Crippen LogP contribution in [0, 0.1) is 0 Å². The zero-order valence-electron chi connectivity index (χ0n) is 9.35. The maximum Gasteiger partial charge on any atom is 0.437 e. The van der Waals surface area contributed by atoms with E-state index in [1.807, 2.05) is 6.92 Å². The van der Waals surface area contributed by atoms with E-state index in [2.05, 4.69) is 0 Å². The molecule has 1 amide bonds. The first-order chi connectivity index (χ1) is 7.65. The molecule has 6 nitrogen and oxygen atoms in total. The second-order valence-electron chi connectivity index (χ2n) is 3.65. The summed E-state index contributed by atoms with van der Waals surface area (Å²) in [6.07, 6.45) is 1.09. The van der Waals surface area contributed by atoms with Crippen LogP contribution >= 0.6 is 0 Å². The largest absolute Gasteiger partial charge is 0.448 e. The molecule has 1 aliphatic heterocycles. The minimum Gasteiger partial charge on any atom is -0.448 e. The van der Waals surface area contributed by atoms with Gasteiger partial charge in [0.15, 0.2) is 0 Å². The number of carbonyl (C=O) groups excluding carboxylic acids is 2. The van der Waals surface area contributed by atoms with Crippen molar-refractivity contribution in [1.82, 2.24) is 5.06 Å². The number of esters is 1. The molecule has 92 valence electrons. The lowest BCUT2D eigenvalue weighted by Crippen LogP contribution is -2.40. The molecule has 0 bridgehead atoms. The molecule has 1 rings (SSSR count). The number of rotatable bonds is 3. The van der Waals surface area contributed by atoms with E-state index in [0.717, 1.165) is 6.42 Å². The van der Waals surface area contributed by atoms with Gasteiger partial charge in [0.2, 0.25) is 6.23 Å². The Balaban J connectivity index is 2.47. The smallest absolute Gasteiger partial charge is 0.437 e. The van der Waals surface area contributed by atoms with E-state index in [4.69, 9.17) is 9.47 Å². The van der Waals surface area contributed by atoms with Crippen LogP contribution < -0.4 is 0 Å². The number of hydrogen-bond donors (Lipinski definition) is 1. The molecule has 1 saturated heterocycles. The van der Waals surface area contributed by atoms with Crippen LogP contribution in [0.4, 0.5) is 4.79 Å². The SMILES string of the molecule is CCCOC(=O)N(O)C1CCCCC(=O)O1. The van der Waals surface area contributed by atoms with Crippen molar-refractivity contribution in [2.45, 2.75) is 45.3 Å². The van der Waals surface area contributed by atoms with Crippen LogP contribution in [0.15, 0.2) is 0 Å². The van der Waals surface area contributed by atoms with Gasteiger partial charge < -0.3 is 9.47 Å². The Morgan fingerprint density at radius 1 is 1.62 bits per heavy atom. The summed E-state index contributed by atoms with van der Waals surface area (Å²) in [4.78, 5) is 22.4. The van der Waals surface area contributed by atoms with Gasteiger partial charge >= 0.3 is 12.1 Å². The standard InChI is InChI=1S/C10H17NO5/c1-2-7-15-10(13)11(14)8-5-3-4-6-9(12)16-8/h8,14H,2-7H2,1H3. The van der Waals surface area contributed by atoms with Gasteiger partial charge in [-0.3, -0.25) is 10.0 Å². The summed E-state index contributed by atoms with van der Waals surface area (Å²) in [6.45, 7) is 2.08. The first-order valence-electron chi connectivity index (χ1n) is 5.49. The maximum atomic E-state index is 11.3. The Hall–Kier alpha value is -1.30. The van der Waals surface area contributed by atoms with Crippen molar-refractivity contribution in [2.75, 3.05) is 6.61 Å². The third kappa shape index (κ3) is 3.69. The summed E-state index contributed by atoms with van der Waals surface area (Å²) in [7, 11) is 0. The van der Waals surface area contributed by atoms with Crippen LogP contribution in [0.3, 0.4) is 0 Å². The Morgan fingerprint density at radius 2 is 2.38 bits per heavy atom. The van der Waals surface area contributed by atoms with Gasteiger partial charge in [-0.1, -0.05) is 6.92 Å². The first-order valence-corrected chi connectivity index (χ1v) is 5.49. The number of nitrogens with zero attached hydrogens (tertiary/aromatic N) is 1. The number of hydroxylamine groups is 2. The fourth-order valence-electron chi connectivity index (χ4n) is 1.40. The van der Waals surface area contributed by atoms with E-state index in [1.54, 1.807) is 0 Å². The first kappa shape index (κ1) is 12.8. The van der Waals surface area contributed by atoms with Crippen LogP contribution in [0.2, 0.25) is 0 Å². The Morgan fingerprint density at radius 3 is 3.06 bits per heavy atom. The summed E-state index contributed by atoms with van der Waals surface area (Å²) in [5, 5.41) is 9.85. The van der Waals surface area contributed by atoms with Crippen molar-refractivity contribution in [2.24, 2.45) is 0 Å². The molecule has 0 aromatic rings. The topological polar surface area (TPSA) is 76.1 Å². The average Bonchev–Trinajstić information content (AvgIpc) is 2.49. The molecule has 1 aliphatic rings. The zero-order valence-corrected chi connectivity index (χ0v) is 9.35. The lowest BCUT2D eigenvalue weighted by Gasteiger charge is -2.23. The number of carbonyl (C=O) groups is 2. The van der Waals surface area contributed by atoms with Gasteiger partial charge in [-0.05, 0) is 19.3 Å². The molecule has 6 heteroatoms.